The van der Waals surface area contributed by atoms with Gasteiger partial charge in [0.15, 0.2) is 12.1 Å². The molecule has 0 aliphatic rings. The monoisotopic (exact) mass is 674 g/mol. The third kappa shape index (κ3) is 29.2. The number of nitrogens with zero attached hydrogens (tertiary/aromatic N) is 1. The van der Waals surface area contributed by atoms with E-state index in [4.69, 9.17) is 14.2 Å². The number of unbranched alkanes of at least 4 members (excludes halogenated alkanes) is 7. The van der Waals surface area contributed by atoms with Crippen molar-refractivity contribution in [2.45, 2.75) is 135 Å². The lowest BCUT2D eigenvalue weighted by Gasteiger charge is -2.31. The summed E-state index contributed by atoms with van der Waals surface area (Å²) in [5.41, 5.74) is 0. The number of aliphatic carboxylic acids is 1. The topological polar surface area (TPSA) is 99.1 Å². The maximum atomic E-state index is 12.6. The first kappa shape index (κ1) is 45.0. The highest BCUT2D eigenvalue weighted by atomic mass is 16.6. The van der Waals surface area contributed by atoms with Gasteiger partial charge in [0.2, 0.25) is 0 Å². The molecule has 0 aliphatic heterocycles. The van der Waals surface area contributed by atoms with Gasteiger partial charge in [-0.3, -0.25) is 9.59 Å². The minimum Gasteiger partial charge on any atom is -0.477 e. The number of allylic oxidation sites excluding steroid dienone is 10. The summed E-state index contributed by atoms with van der Waals surface area (Å²) in [7, 11) is 5.49. The van der Waals surface area contributed by atoms with Crippen molar-refractivity contribution in [1.29, 1.82) is 0 Å². The zero-order chi connectivity index (χ0) is 35.7. The minimum absolute atomic E-state index is 0.0401. The number of rotatable bonds is 31. The van der Waals surface area contributed by atoms with Gasteiger partial charge in [-0.2, -0.15) is 0 Å². The van der Waals surface area contributed by atoms with Gasteiger partial charge >= 0.3 is 17.9 Å². The smallest absolute Gasteiger partial charge is 0.362 e. The van der Waals surface area contributed by atoms with Gasteiger partial charge in [0.05, 0.1) is 34.4 Å². The number of hydrogen-bond donors (Lipinski definition) is 1. The first-order valence-electron chi connectivity index (χ1n) is 18.3. The molecule has 0 rings (SSSR count). The highest BCUT2D eigenvalue weighted by molar-refractivity contribution is 5.72. The molecule has 0 saturated carbocycles. The molecule has 2 unspecified atom stereocenters. The van der Waals surface area contributed by atoms with Gasteiger partial charge in [0.25, 0.3) is 0 Å². The molecule has 0 saturated heterocycles. The van der Waals surface area contributed by atoms with Crippen molar-refractivity contribution in [3.05, 3.63) is 60.8 Å². The second kappa shape index (κ2) is 31.3. The Morgan fingerprint density at radius 1 is 0.625 bits per heavy atom. The highest BCUT2D eigenvalue weighted by Gasteiger charge is 2.31. The zero-order valence-electron chi connectivity index (χ0n) is 30.9. The van der Waals surface area contributed by atoms with E-state index < -0.39 is 18.1 Å². The summed E-state index contributed by atoms with van der Waals surface area (Å²) in [6.07, 6.45) is 35.6. The van der Waals surface area contributed by atoms with Crippen molar-refractivity contribution in [1.82, 2.24) is 0 Å². The minimum atomic E-state index is -0.887. The third-order valence-electron chi connectivity index (χ3n) is 7.66. The molecule has 0 amide bonds. The van der Waals surface area contributed by atoms with Crippen LogP contribution in [0.25, 0.3) is 0 Å². The predicted molar refractivity (Wildman–Crippen MR) is 197 cm³/mol. The standard InChI is InChI=1S/C40H67NO7/c1-6-8-10-12-14-16-18-20-22-24-26-28-30-38(42)47-35-36(34-46-33-32-37(40(44)45)41(3,4)5)48-39(43)31-29-27-25-23-21-19-17-15-13-11-9-7-2/h8-11,14-17,20,22,36-37H,6-7,12-13,18-19,21,23-35H2,1-5H3/p+1/b10-8+,11-9+,16-14+,17-15+,22-20+. The molecule has 274 valence electrons. The SMILES string of the molecule is CC/C=C/C/C=C/C/C=C/CCCCC(=O)OCC(COCCC(C(=O)O)[N+](C)(C)C)OC(=O)CCCCCCC/C=C/C/C=C/CC. The number of hydrogen-bond acceptors (Lipinski definition) is 6. The van der Waals surface area contributed by atoms with Crippen molar-refractivity contribution in [2.24, 2.45) is 0 Å². The molecule has 0 aromatic heterocycles. The van der Waals surface area contributed by atoms with E-state index in [0.29, 0.717) is 19.3 Å². The predicted octanol–water partition coefficient (Wildman–Crippen LogP) is 9.07. The lowest BCUT2D eigenvalue weighted by atomic mass is 10.1. The van der Waals surface area contributed by atoms with Crippen LogP contribution in [-0.2, 0) is 28.6 Å². The molecule has 0 bridgehead atoms. The van der Waals surface area contributed by atoms with E-state index >= 15 is 0 Å². The fourth-order valence-corrected chi connectivity index (χ4v) is 4.85. The van der Waals surface area contributed by atoms with Crippen LogP contribution >= 0.6 is 0 Å². The molecule has 2 atom stereocenters. The molecule has 8 heteroatoms. The van der Waals surface area contributed by atoms with Crippen molar-refractivity contribution in [2.75, 3.05) is 41.0 Å². The van der Waals surface area contributed by atoms with Crippen molar-refractivity contribution >= 4 is 17.9 Å². The van der Waals surface area contributed by atoms with E-state index in [0.717, 1.165) is 89.9 Å². The summed E-state index contributed by atoms with van der Waals surface area (Å²) in [5, 5.41) is 9.57. The van der Waals surface area contributed by atoms with Crippen LogP contribution in [0.5, 0.6) is 0 Å². The first-order valence-corrected chi connectivity index (χ1v) is 18.3. The number of carboxylic acid groups (broad SMARTS) is 1. The Hall–Kier alpha value is -2.97. The van der Waals surface area contributed by atoms with Gasteiger partial charge in [-0.15, -0.1) is 0 Å². The Balaban J connectivity index is 4.54. The van der Waals surface area contributed by atoms with Crippen LogP contribution < -0.4 is 0 Å². The van der Waals surface area contributed by atoms with Gasteiger partial charge in [0, 0.05) is 19.3 Å². The molecule has 0 spiro atoms. The molecule has 0 heterocycles. The summed E-state index contributed by atoms with van der Waals surface area (Å²) >= 11 is 0. The lowest BCUT2D eigenvalue weighted by Crippen LogP contribution is -2.50. The maximum absolute atomic E-state index is 12.6. The van der Waals surface area contributed by atoms with E-state index in [2.05, 4.69) is 74.6 Å². The second-order valence-corrected chi connectivity index (χ2v) is 13.1. The molecular formula is C40H68NO7+. The Kier molecular flexibility index (Phi) is 29.4. The largest absolute Gasteiger partial charge is 0.477 e. The Morgan fingerprint density at radius 2 is 1.10 bits per heavy atom. The molecule has 0 aliphatic carbocycles. The van der Waals surface area contributed by atoms with Crippen LogP contribution in [0.3, 0.4) is 0 Å². The second-order valence-electron chi connectivity index (χ2n) is 13.1. The van der Waals surface area contributed by atoms with E-state index in [-0.39, 0.29) is 36.2 Å². The molecule has 48 heavy (non-hydrogen) atoms. The molecule has 1 N–H and O–H groups in total. The summed E-state index contributed by atoms with van der Waals surface area (Å²) in [6, 6.07) is -0.623. The van der Waals surface area contributed by atoms with Gasteiger partial charge in [-0.1, -0.05) is 93.9 Å². The molecule has 0 aromatic carbocycles. The number of ether oxygens (including phenoxy) is 3. The van der Waals surface area contributed by atoms with Crippen LogP contribution in [0.1, 0.15) is 123 Å². The first-order chi connectivity index (χ1) is 23.1. The van der Waals surface area contributed by atoms with Gasteiger partial charge < -0.3 is 23.8 Å². The zero-order valence-corrected chi connectivity index (χ0v) is 30.9. The molecule has 0 fully saturated rings. The van der Waals surface area contributed by atoms with Crippen LogP contribution in [0.4, 0.5) is 0 Å². The van der Waals surface area contributed by atoms with E-state index in [1.165, 1.54) is 0 Å². The van der Waals surface area contributed by atoms with Gasteiger partial charge in [-0.05, 0) is 70.6 Å². The van der Waals surface area contributed by atoms with Crippen molar-refractivity contribution < 1.29 is 38.2 Å². The van der Waals surface area contributed by atoms with Crippen LogP contribution in [-0.4, -0.2) is 80.6 Å². The number of quaternary nitrogens is 1. The summed E-state index contributed by atoms with van der Waals surface area (Å²) in [6.45, 7) is 4.41. The summed E-state index contributed by atoms with van der Waals surface area (Å²) in [4.78, 5) is 36.7. The van der Waals surface area contributed by atoms with E-state index in [1.807, 2.05) is 21.1 Å². The van der Waals surface area contributed by atoms with Crippen LogP contribution in [0, 0.1) is 0 Å². The maximum Gasteiger partial charge on any atom is 0.362 e. The quantitative estimate of drug-likeness (QED) is 0.0339. The highest BCUT2D eigenvalue weighted by Crippen LogP contribution is 2.12. The number of esters is 2. The number of carbonyl (C=O) groups is 3. The van der Waals surface area contributed by atoms with Crippen LogP contribution in [0.2, 0.25) is 0 Å². The average molecular weight is 675 g/mol. The summed E-state index contributed by atoms with van der Waals surface area (Å²) in [5.74, 6) is -1.55. The number of carboxylic acids is 1. The third-order valence-corrected chi connectivity index (χ3v) is 7.66. The number of likely N-dealkylation sites (N-methyl/N-ethyl adjacent to an activating group) is 1. The van der Waals surface area contributed by atoms with Gasteiger partial charge in [-0.25, -0.2) is 4.79 Å². The van der Waals surface area contributed by atoms with Crippen molar-refractivity contribution in [3.8, 4) is 0 Å². The van der Waals surface area contributed by atoms with Crippen LogP contribution in [0.15, 0.2) is 60.8 Å². The number of carbonyl (C=O) groups excluding carboxylic acids is 2. The molecular weight excluding hydrogens is 606 g/mol. The lowest BCUT2D eigenvalue weighted by molar-refractivity contribution is -0.887. The van der Waals surface area contributed by atoms with Crippen molar-refractivity contribution in [3.63, 3.8) is 0 Å². The van der Waals surface area contributed by atoms with E-state index in [1.54, 1.807) is 0 Å². The Bertz CT molecular complexity index is 975. The molecule has 0 radical (unpaired) electrons. The Morgan fingerprint density at radius 3 is 1.67 bits per heavy atom. The normalized spacial score (nSPS) is 13.8. The fraction of sp³-hybridized carbons (Fsp3) is 0.675. The summed E-state index contributed by atoms with van der Waals surface area (Å²) < 4.78 is 17.1. The van der Waals surface area contributed by atoms with Gasteiger partial charge in [0.1, 0.15) is 6.61 Å². The molecule has 0 aromatic rings. The van der Waals surface area contributed by atoms with E-state index in [9.17, 15) is 19.5 Å². The average Bonchev–Trinajstić information content (AvgIpc) is 3.03. The fourth-order valence-electron chi connectivity index (χ4n) is 4.85. The molecule has 8 nitrogen and oxygen atoms in total. The Labute approximate surface area is 292 Å².